The van der Waals surface area contributed by atoms with Crippen LogP contribution in [0.3, 0.4) is 0 Å². The lowest BCUT2D eigenvalue weighted by Gasteiger charge is -2.24. The van der Waals surface area contributed by atoms with Gasteiger partial charge in [0.2, 0.25) is 0 Å². The predicted molar refractivity (Wildman–Crippen MR) is 100 cm³/mol. The van der Waals surface area contributed by atoms with Gasteiger partial charge in [0, 0.05) is 23.9 Å². The summed E-state index contributed by atoms with van der Waals surface area (Å²) in [6, 6.07) is 9.23. The Morgan fingerprint density at radius 2 is 1.89 bits per heavy atom. The Hall–Kier alpha value is -3.09. The first-order valence-electron chi connectivity index (χ1n) is 8.97. The maximum atomic E-state index is 13.3. The lowest BCUT2D eigenvalue weighted by atomic mass is 10.1. The van der Waals surface area contributed by atoms with E-state index in [0.717, 1.165) is 29.9 Å². The normalized spacial score (nSPS) is 16.7. The molecule has 4 rings (SSSR count). The summed E-state index contributed by atoms with van der Waals surface area (Å²) in [5.41, 5.74) is 2.21. The highest BCUT2D eigenvalue weighted by molar-refractivity contribution is 5.95. The molecule has 1 fully saturated rings. The van der Waals surface area contributed by atoms with Crippen molar-refractivity contribution < 1.29 is 14.3 Å². The van der Waals surface area contributed by atoms with Crippen molar-refractivity contribution in [2.24, 2.45) is 0 Å². The molecule has 0 bridgehead atoms. The largest absolute Gasteiger partial charge is 0.496 e. The highest BCUT2D eigenvalue weighted by Crippen LogP contribution is 2.35. The number of methoxy groups -OCH3 is 2. The van der Waals surface area contributed by atoms with Crippen molar-refractivity contribution in [2.45, 2.75) is 25.8 Å². The fraction of sp³-hybridized carbons (Fsp3) is 0.350. The molecule has 140 valence electrons. The minimum atomic E-state index is -0.104. The molecule has 7 heteroatoms. The van der Waals surface area contributed by atoms with Gasteiger partial charge in [-0.15, -0.1) is 10.2 Å². The zero-order valence-corrected chi connectivity index (χ0v) is 15.7. The zero-order chi connectivity index (χ0) is 19.0. The Morgan fingerprint density at radius 3 is 2.59 bits per heavy atom. The van der Waals surface area contributed by atoms with E-state index in [9.17, 15) is 4.79 Å². The molecular formula is C20H22N4O3. The number of likely N-dealkylation sites (tertiary alicyclic amines) is 1. The van der Waals surface area contributed by atoms with E-state index in [1.165, 1.54) is 0 Å². The second-order valence-electron chi connectivity index (χ2n) is 6.65. The lowest BCUT2D eigenvalue weighted by molar-refractivity contribution is 0.0728. The van der Waals surface area contributed by atoms with Gasteiger partial charge in [0.1, 0.15) is 11.5 Å². The summed E-state index contributed by atoms with van der Waals surface area (Å²) >= 11 is 0. The summed E-state index contributed by atoms with van der Waals surface area (Å²) in [7, 11) is 3.19. The number of pyridine rings is 1. The number of carbonyl (C=O) groups excluding carboxylic acids is 1. The molecule has 0 N–H and O–H groups in total. The van der Waals surface area contributed by atoms with Crippen molar-refractivity contribution in [3.05, 3.63) is 53.5 Å². The van der Waals surface area contributed by atoms with Gasteiger partial charge in [-0.1, -0.05) is 6.07 Å². The van der Waals surface area contributed by atoms with E-state index in [0.29, 0.717) is 23.6 Å². The number of hydrogen-bond donors (Lipinski definition) is 0. The van der Waals surface area contributed by atoms with E-state index >= 15 is 0 Å². The van der Waals surface area contributed by atoms with Crippen molar-refractivity contribution >= 4 is 11.6 Å². The summed E-state index contributed by atoms with van der Waals surface area (Å²) in [6.07, 6.45) is 3.73. The second-order valence-corrected chi connectivity index (χ2v) is 6.65. The van der Waals surface area contributed by atoms with Gasteiger partial charge >= 0.3 is 0 Å². The summed E-state index contributed by atoms with van der Waals surface area (Å²) in [5.74, 6) is 2.02. The van der Waals surface area contributed by atoms with Crippen molar-refractivity contribution in [2.75, 3.05) is 20.8 Å². The highest BCUT2D eigenvalue weighted by Gasteiger charge is 2.34. The van der Waals surface area contributed by atoms with Crippen LogP contribution in [0.2, 0.25) is 0 Å². The highest BCUT2D eigenvalue weighted by atomic mass is 16.5. The van der Waals surface area contributed by atoms with Crippen molar-refractivity contribution in [3.8, 4) is 11.5 Å². The Bertz CT molecular complexity index is 973. The summed E-state index contributed by atoms with van der Waals surface area (Å²) in [5, 5.41) is 8.59. The number of benzene rings is 1. The Kier molecular flexibility index (Phi) is 4.43. The molecule has 2 aromatic heterocycles. The average molecular weight is 366 g/mol. The number of fused-ring (bicyclic) bond motifs is 1. The number of carbonyl (C=O) groups is 1. The maximum absolute atomic E-state index is 13.3. The van der Waals surface area contributed by atoms with E-state index in [-0.39, 0.29) is 11.9 Å². The molecule has 1 aliphatic heterocycles. The van der Waals surface area contributed by atoms with E-state index in [2.05, 4.69) is 10.2 Å². The molecule has 0 spiro atoms. The third kappa shape index (κ3) is 2.89. The fourth-order valence-corrected chi connectivity index (χ4v) is 3.74. The molecule has 1 aliphatic rings. The van der Waals surface area contributed by atoms with Crippen LogP contribution in [0.25, 0.3) is 5.65 Å². The van der Waals surface area contributed by atoms with Crippen LogP contribution in [0.4, 0.5) is 0 Å². The molecule has 0 saturated carbocycles. The molecule has 3 aromatic rings. The summed E-state index contributed by atoms with van der Waals surface area (Å²) < 4.78 is 12.8. The van der Waals surface area contributed by atoms with Crippen molar-refractivity contribution in [3.63, 3.8) is 0 Å². The van der Waals surface area contributed by atoms with Crippen LogP contribution < -0.4 is 9.47 Å². The number of nitrogens with zero attached hydrogens (tertiary/aromatic N) is 4. The van der Waals surface area contributed by atoms with E-state index < -0.39 is 0 Å². The van der Waals surface area contributed by atoms with Gasteiger partial charge in [-0.2, -0.15) is 0 Å². The first kappa shape index (κ1) is 17.3. The minimum absolute atomic E-state index is 0.0539. The lowest BCUT2D eigenvalue weighted by Crippen LogP contribution is -2.31. The number of ether oxygens (including phenoxy) is 2. The zero-order valence-electron chi connectivity index (χ0n) is 15.7. The first-order valence-corrected chi connectivity index (χ1v) is 8.97. The van der Waals surface area contributed by atoms with Crippen LogP contribution >= 0.6 is 0 Å². The van der Waals surface area contributed by atoms with E-state index in [1.807, 2.05) is 40.6 Å². The summed E-state index contributed by atoms with van der Waals surface area (Å²) in [6.45, 7) is 2.59. The molecular weight excluding hydrogens is 344 g/mol. The first-order chi connectivity index (χ1) is 13.1. The fourth-order valence-electron chi connectivity index (χ4n) is 3.74. The SMILES string of the molecule is COc1cc(C(=O)N2CCCC2c2nnc3ccccn23)cc(OC)c1C. The van der Waals surface area contributed by atoms with Crippen LogP contribution in [-0.4, -0.2) is 46.2 Å². The maximum Gasteiger partial charge on any atom is 0.254 e. The third-order valence-corrected chi connectivity index (χ3v) is 5.15. The Morgan fingerprint density at radius 1 is 1.15 bits per heavy atom. The summed E-state index contributed by atoms with van der Waals surface area (Å²) in [4.78, 5) is 15.2. The van der Waals surface area contributed by atoms with Crippen LogP contribution in [0, 0.1) is 6.92 Å². The molecule has 1 atom stereocenters. The Labute approximate surface area is 157 Å². The molecule has 1 amide bonds. The van der Waals surface area contributed by atoms with Gasteiger partial charge in [-0.25, -0.2) is 0 Å². The monoisotopic (exact) mass is 366 g/mol. The molecule has 7 nitrogen and oxygen atoms in total. The Balaban J connectivity index is 1.71. The number of hydrogen-bond acceptors (Lipinski definition) is 5. The van der Waals surface area contributed by atoms with Gasteiger partial charge in [-0.3, -0.25) is 9.20 Å². The van der Waals surface area contributed by atoms with Gasteiger partial charge in [0.15, 0.2) is 11.5 Å². The van der Waals surface area contributed by atoms with Gasteiger partial charge in [0.25, 0.3) is 5.91 Å². The quantitative estimate of drug-likeness (QED) is 0.710. The van der Waals surface area contributed by atoms with Crippen LogP contribution in [0.15, 0.2) is 36.5 Å². The molecule has 0 aliphatic carbocycles. The number of rotatable bonds is 4. The second kappa shape index (κ2) is 6.90. The number of aromatic nitrogens is 3. The van der Waals surface area contributed by atoms with Crippen molar-refractivity contribution in [1.29, 1.82) is 0 Å². The van der Waals surface area contributed by atoms with Crippen LogP contribution in [-0.2, 0) is 0 Å². The molecule has 1 aromatic carbocycles. The smallest absolute Gasteiger partial charge is 0.254 e. The van der Waals surface area contributed by atoms with Crippen LogP contribution in [0.1, 0.15) is 40.6 Å². The topological polar surface area (TPSA) is 69.0 Å². The molecule has 1 saturated heterocycles. The van der Waals surface area contributed by atoms with E-state index in [1.54, 1.807) is 26.4 Å². The predicted octanol–water partition coefficient (Wildman–Crippen LogP) is 3.03. The molecule has 1 unspecified atom stereocenters. The van der Waals surface area contributed by atoms with E-state index in [4.69, 9.17) is 9.47 Å². The van der Waals surface area contributed by atoms with Crippen molar-refractivity contribution in [1.82, 2.24) is 19.5 Å². The van der Waals surface area contributed by atoms with Gasteiger partial charge < -0.3 is 14.4 Å². The average Bonchev–Trinajstić information content (AvgIpc) is 3.34. The van der Waals surface area contributed by atoms with Crippen LogP contribution in [0.5, 0.6) is 11.5 Å². The standard InChI is InChI=1S/C20H22N4O3/c1-13-16(26-2)11-14(12-17(13)27-3)20(25)23-10-6-7-15(23)19-22-21-18-8-4-5-9-24(18)19/h4-5,8-9,11-12,15H,6-7,10H2,1-3H3. The number of amides is 1. The third-order valence-electron chi connectivity index (χ3n) is 5.15. The molecule has 27 heavy (non-hydrogen) atoms. The molecule has 3 heterocycles. The molecule has 0 radical (unpaired) electrons. The van der Waals surface area contributed by atoms with Gasteiger partial charge in [-0.05, 0) is 44.0 Å². The minimum Gasteiger partial charge on any atom is -0.496 e. The van der Waals surface area contributed by atoms with Gasteiger partial charge in [0.05, 0.1) is 20.3 Å².